The van der Waals surface area contributed by atoms with Crippen molar-refractivity contribution in [1.29, 1.82) is 0 Å². The van der Waals surface area contributed by atoms with Gasteiger partial charge in [-0.2, -0.15) is 0 Å². The van der Waals surface area contributed by atoms with Crippen LogP contribution in [0, 0.1) is 0 Å². The zero-order valence-electron chi connectivity index (χ0n) is 17.4. The molecule has 2 aromatic rings. The van der Waals surface area contributed by atoms with Crippen LogP contribution in [0.15, 0.2) is 48.0 Å². The monoisotopic (exact) mass is 382 g/mol. The van der Waals surface area contributed by atoms with Gasteiger partial charge >= 0.3 is 0 Å². The van der Waals surface area contributed by atoms with Crippen molar-refractivity contribution < 1.29 is 0 Å². The minimum atomic E-state index is 0.500. The van der Waals surface area contributed by atoms with Gasteiger partial charge in [-0.25, -0.2) is 9.98 Å². The molecule has 1 aliphatic rings. The van der Waals surface area contributed by atoms with E-state index in [2.05, 4.69) is 70.1 Å². The standard InChI is InChI=1S/C22H34N6/c1-4-24-22(26-21-8-11-28(12-9-21)18(2)3)25-15-19-6-5-7-20(14-19)16-27-13-10-23-17-27/h5-7,10,13-14,17-18,21H,4,8-9,11-12,15-16H2,1-3H3,(H2,24,25,26). The maximum Gasteiger partial charge on any atom is 0.191 e. The van der Waals surface area contributed by atoms with Crippen molar-refractivity contribution >= 4 is 5.96 Å². The summed E-state index contributed by atoms with van der Waals surface area (Å²) in [7, 11) is 0. The third-order valence-corrected chi connectivity index (χ3v) is 5.28. The van der Waals surface area contributed by atoms with Crippen molar-refractivity contribution in [2.75, 3.05) is 19.6 Å². The highest BCUT2D eigenvalue weighted by Crippen LogP contribution is 2.13. The van der Waals surface area contributed by atoms with Crippen LogP contribution >= 0.6 is 0 Å². The van der Waals surface area contributed by atoms with Crippen molar-refractivity contribution in [3.8, 4) is 0 Å². The third-order valence-electron chi connectivity index (χ3n) is 5.28. The van der Waals surface area contributed by atoms with Crippen molar-refractivity contribution in [3.63, 3.8) is 0 Å². The smallest absolute Gasteiger partial charge is 0.191 e. The van der Waals surface area contributed by atoms with Gasteiger partial charge in [0.2, 0.25) is 0 Å². The van der Waals surface area contributed by atoms with Gasteiger partial charge in [-0.1, -0.05) is 24.3 Å². The fraction of sp³-hybridized carbons (Fsp3) is 0.545. The minimum Gasteiger partial charge on any atom is -0.357 e. The Bertz CT molecular complexity index is 729. The second-order valence-electron chi connectivity index (χ2n) is 7.80. The SMILES string of the molecule is CCNC(=NCc1cccc(Cn2ccnc2)c1)NC1CCN(C(C)C)CC1. The highest BCUT2D eigenvalue weighted by atomic mass is 15.2. The Morgan fingerprint density at radius 3 is 2.71 bits per heavy atom. The van der Waals surface area contributed by atoms with E-state index in [9.17, 15) is 0 Å². The average Bonchev–Trinajstić information content (AvgIpc) is 3.20. The van der Waals surface area contributed by atoms with E-state index < -0.39 is 0 Å². The molecule has 28 heavy (non-hydrogen) atoms. The summed E-state index contributed by atoms with van der Waals surface area (Å²) in [5.74, 6) is 0.922. The van der Waals surface area contributed by atoms with Crippen molar-refractivity contribution in [3.05, 3.63) is 54.1 Å². The Balaban J connectivity index is 1.57. The normalized spacial score (nSPS) is 16.5. The second kappa shape index (κ2) is 10.3. The zero-order valence-corrected chi connectivity index (χ0v) is 17.4. The van der Waals surface area contributed by atoms with E-state index in [1.807, 2.05) is 18.7 Å². The number of benzene rings is 1. The Kier molecular flexibility index (Phi) is 7.48. The number of hydrogen-bond donors (Lipinski definition) is 2. The molecule has 0 radical (unpaired) electrons. The van der Waals surface area contributed by atoms with Gasteiger partial charge in [0.15, 0.2) is 5.96 Å². The number of rotatable bonds is 7. The molecule has 0 unspecified atom stereocenters. The first-order valence-corrected chi connectivity index (χ1v) is 10.5. The maximum absolute atomic E-state index is 4.83. The minimum absolute atomic E-state index is 0.500. The molecule has 0 aliphatic carbocycles. The van der Waals surface area contributed by atoms with Crippen LogP contribution in [0.3, 0.4) is 0 Å². The van der Waals surface area contributed by atoms with Crippen molar-refractivity contribution in [1.82, 2.24) is 25.1 Å². The number of imidazole rings is 1. The van der Waals surface area contributed by atoms with Crippen LogP contribution in [-0.2, 0) is 13.1 Å². The van der Waals surface area contributed by atoms with Crippen molar-refractivity contribution in [2.24, 2.45) is 4.99 Å². The summed E-state index contributed by atoms with van der Waals surface area (Å²) in [4.78, 5) is 11.5. The maximum atomic E-state index is 4.83. The van der Waals surface area contributed by atoms with Gasteiger partial charge in [-0.15, -0.1) is 0 Å². The van der Waals surface area contributed by atoms with Gasteiger partial charge < -0.3 is 20.1 Å². The van der Waals surface area contributed by atoms with Gasteiger partial charge in [-0.3, -0.25) is 0 Å². The van der Waals surface area contributed by atoms with Crippen LogP contribution in [0.1, 0.15) is 44.7 Å². The first kappa shape index (κ1) is 20.4. The summed E-state index contributed by atoms with van der Waals surface area (Å²) in [5.41, 5.74) is 2.49. The number of hydrogen-bond acceptors (Lipinski definition) is 3. The summed E-state index contributed by atoms with van der Waals surface area (Å²) >= 11 is 0. The molecule has 152 valence electrons. The van der Waals surface area contributed by atoms with E-state index in [0.29, 0.717) is 18.6 Å². The van der Waals surface area contributed by atoms with Crippen LogP contribution < -0.4 is 10.6 Å². The first-order chi connectivity index (χ1) is 13.6. The number of aromatic nitrogens is 2. The zero-order chi connectivity index (χ0) is 19.8. The lowest BCUT2D eigenvalue weighted by Crippen LogP contribution is -2.49. The molecule has 2 N–H and O–H groups in total. The molecule has 1 saturated heterocycles. The first-order valence-electron chi connectivity index (χ1n) is 10.5. The van der Waals surface area contributed by atoms with Gasteiger partial charge in [0.05, 0.1) is 12.9 Å². The Morgan fingerprint density at radius 2 is 2.04 bits per heavy atom. The number of nitrogens with zero attached hydrogens (tertiary/aromatic N) is 4. The molecule has 0 bridgehead atoms. The number of aliphatic imine (C=N–C) groups is 1. The predicted molar refractivity (Wildman–Crippen MR) is 115 cm³/mol. The van der Waals surface area contributed by atoms with E-state index in [0.717, 1.165) is 32.1 Å². The summed E-state index contributed by atoms with van der Waals surface area (Å²) in [5, 5.41) is 7.04. The van der Waals surface area contributed by atoms with E-state index in [-0.39, 0.29) is 0 Å². The molecule has 2 heterocycles. The molecule has 1 aromatic carbocycles. The van der Waals surface area contributed by atoms with Crippen LogP contribution in [0.5, 0.6) is 0 Å². The molecule has 6 heteroatoms. The Labute approximate surface area is 169 Å². The molecular formula is C22H34N6. The molecule has 0 atom stereocenters. The number of piperidine rings is 1. The largest absolute Gasteiger partial charge is 0.357 e. The number of nitrogens with one attached hydrogen (secondary N) is 2. The number of likely N-dealkylation sites (tertiary alicyclic amines) is 1. The molecule has 6 nitrogen and oxygen atoms in total. The second-order valence-corrected chi connectivity index (χ2v) is 7.80. The van der Waals surface area contributed by atoms with E-state index in [1.54, 1.807) is 0 Å². The average molecular weight is 383 g/mol. The molecular weight excluding hydrogens is 348 g/mol. The summed E-state index contributed by atoms with van der Waals surface area (Å²) in [6.07, 6.45) is 7.99. The lowest BCUT2D eigenvalue weighted by atomic mass is 10.0. The highest BCUT2D eigenvalue weighted by Gasteiger charge is 2.21. The van der Waals surface area contributed by atoms with E-state index in [1.165, 1.54) is 24.0 Å². The third kappa shape index (κ3) is 6.09. The lowest BCUT2D eigenvalue weighted by molar-refractivity contribution is 0.167. The van der Waals surface area contributed by atoms with Crippen LogP contribution in [0.25, 0.3) is 0 Å². The van der Waals surface area contributed by atoms with Gasteiger partial charge in [0.1, 0.15) is 0 Å². The van der Waals surface area contributed by atoms with Gasteiger partial charge in [0.25, 0.3) is 0 Å². The van der Waals surface area contributed by atoms with Crippen LogP contribution in [0.2, 0.25) is 0 Å². The summed E-state index contributed by atoms with van der Waals surface area (Å²) in [6, 6.07) is 9.77. The van der Waals surface area contributed by atoms with Gasteiger partial charge in [-0.05, 0) is 44.7 Å². The topological polar surface area (TPSA) is 57.5 Å². The lowest BCUT2D eigenvalue weighted by Gasteiger charge is -2.35. The molecule has 1 aromatic heterocycles. The molecule has 0 saturated carbocycles. The molecule has 3 rings (SSSR count). The Hall–Kier alpha value is -2.34. The highest BCUT2D eigenvalue weighted by molar-refractivity contribution is 5.80. The Morgan fingerprint density at radius 1 is 1.25 bits per heavy atom. The van der Waals surface area contributed by atoms with E-state index in [4.69, 9.17) is 4.99 Å². The molecule has 1 fully saturated rings. The van der Waals surface area contributed by atoms with Gasteiger partial charge in [0, 0.05) is 50.7 Å². The molecule has 1 aliphatic heterocycles. The van der Waals surface area contributed by atoms with Crippen LogP contribution in [0.4, 0.5) is 0 Å². The molecule has 0 spiro atoms. The summed E-state index contributed by atoms with van der Waals surface area (Å²) in [6.45, 7) is 11.4. The fourth-order valence-electron chi connectivity index (χ4n) is 3.66. The quantitative estimate of drug-likeness (QED) is 0.571. The summed E-state index contributed by atoms with van der Waals surface area (Å²) < 4.78 is 2.08. The van der Waals surface area contributed by atoms with E-state index >= 15 is 0 Å². The number of guanidine groups is 1. The predicted octanol–water partition coefficient (Wildman–Crippen LogP) is 2.86. The molecule has 0 amide bonds. The fourth-order valence-corrected chi connectivity index (χ4v) is 3.66. The van der Waals surface area contributed by atoms with Crippen molar-refractivity contribution in [2.45, 2.75) is 58.8 Å². The van der Waals surface area contributed by atoms with Crippen LogP contribution in [-0.4, -0.2) is 52.1 Å².